The molecule has 0 radical (unpaired) electrons. The Morgan fingerprint density at radius 3 is 2.30 bits per heavy atom. The SMILES string of the molecule is CCCCC(F)COc1ccc(OCCC=C(C)C)c(F)c1F. The number of hydrogen-bond acceptors (Lipinski definition) is 2. The van der Waals surface area contributed by atoms with Gasteiger partial charge < -0.3 is 9.47 Å². The van der Waals surface area contributed by atoms with Crippen LogP contribution < -0.4 is 9.47 Å². The fourth-order valence-electron chi connectivity index (χ4n) is 1.94. The van der Waals surface area contributed by atoms with Crippen LogP contribution in [-0.4, -0.2) is 19.4 Å². The van der Waals surface area contributed by atoms with Crippen LogP contribution >= 0.6 is 0 Å². The van der Waals surface area contributed by atoms with Crippen molar-refractivity contribution in [3.05, 3.63) is 35.4 Å². The van der Waals surface area contributed by atoms with E-state index >= 15 is 0 Å². The average Bonchev–Trinajstić information content (AvgIpc) is 2.52. The van der Waals surface area contributed by atoms with Gasteiger partial charge in [-0.25, -0.2) is 4.39 Å². The van der Waals surface area contributed by atoms with E-state index < -0.39 is 17.8 Å². The molecular weight excluding hydrogens is 305 g/mol. The zero-order valence-corrected chi connectivity index (χ0v) is 14.0. The lowest BCUT2D eigenvalue weighted by atomic mass is 10.2. The molecule has 0 aliphatic rings. The number of hydrogen-bond donors (Lipinski definition) is 0. The Morgan fingerprint density at radius 1 is 1.13 bits per heavy atom. The number of rotatable bonds is 10. The van der Waals surface area contributed by atoms with Crippen molar-refractivity contribution >= 4 is 0 Å². The number of alkyl halides is 1. The number of unbranched alkanes of at least 4 members (excludes halogenated alkanes) is 1. The lowest BCUT2D eigenvalue weighted by Crippen LogP contribution is -2.13. The average molecular weight is 330 g/mol. The highest BCUT2D eigenvalue weighted by Crippen LogP contribution is 2.28. The number of halogens is 3. The van der Waals surface area contributed by atoms with Crippen molar-refractivity contribution in [2.24, 2.45) is 0 Å². The van der Waals surface area contributed by atoms with Crippen LogP contribution in [0.5, 0.6) is 11.5 Å². The fourth-order valence-corrected chi connectivity index (χ4v) is 1.94. The maximum atomic E-state index is 13.9. The summed E-state index contributed by atoms with van der Waals surface area (Å²) in [4.78, 5) is 0. The summed E-state index contributed by atoms with van der Waals surface area (Å²) in [6.07, 6.45) is 3.35. The number of benzene rings is 1. The minimum atomic E-state index is -1.18. The molecule has 0 N–H and O–H groups in total. The van der Waals surface area contributed by atoms with E-state index in [1.807, 2.05) is 26.8 Å². The van der Waals surface area contributed by atoms with Crippen molar-refractivity contribution in [1.82, 2.24) is 0 Å². The molecule has 130 valence electrons. The number of ether oxygens (including phenoxy) is 2. The molecule has 0 spiro atoms. The Bertz CT molecular complexity index is 511. The van der Waals surface area contributed by atoms with Crippen molar-refractivity contribution in [2.75, 3.05) is 13.2 Å². The molecule has 1 atom stereocenters. The molecule has 2 nitrogen and oxygen atoms in total. The van der Waals surface area contributed by atoms with E-state index in [0.717, 1.165) is 18.4 Å². The van der Waals surface area contributed by atoms with Gasteiger partial charge in [-0.1, -0.05) is 31.4 Å². The van der Waals surface area contributed by atoms with Crippen LogP contribution in [0.2, 0.25) is 0 Å². The first-order chi connectivity index (χ1) is 11.0. The van der Waals surface area contributed by atoms with Crippen LogP contribution in [-0.2, 0) is 0 Å². The van der Waals surface area contributed by atoms with Crippen molar-refractivity contribution in [3.63, 3.8) is 0 Å². The smallest absolute Gasteiger partial charge is 0.204 e. The van der Waals surface area contributed by atoms with Gasteiger partial charge in [0, 0.05) is 0 Å². The highest BCUT2D eigenvalue weighted by Gasteiger charge is 2.17. The van der Waals surface area contributed by atoms with Crippen LogP contribution in [0.1, 0.15) is 46.5 Å². The van der Waals surface area contributed by atoms with E-state index in [0.29, 0.717) is 12.8 Å². The van der Waals surface area contributed by atoms with Crippen LogP contribution in [0.3, 0.4) is 0 Å². The van der Waals surface area contributed by atoms with Crippen molar-refractivity contribution in [2.45, 2.75) is 52.6 Å². The van der Waals surface area contributed by atoms with Gasteiger partial charge in [0.2, 0.25) is 11.6 Å². The minimum absolute atomic E-state index is 0.167. The first kappa shape index (κ1) is 19.4. The summed E-state index contributed by atoms with van der Waals surface area (Å²) < 4.78 is 51.5. The van der Waals surface area contributed by atoms with E-state index in [4.69, 9.17) is 9.47 Å². The summed E-state index contributed by atoms with van der Waals surface area (Å²) in [6.45, 7) is 5.83. The Kier molecular flexibility index (Phi) is 8.59. The van der Waals surface area contributed by atoms with Crippen molar-refractivity contribution in [1.29, 1.82) is 0 Å². The third-order valence-electron chi connectivity index (χ3n) is 3.23. The monoisotopic (exact) mass is 330 g/mol. The minimum Gasteiger partial charge on any atom is -0.490 e. The predicted octanol–water partition coefficient (Wildman–Crippen LogP) is 5.61. The van der Waals surface area contributed by atoms with Gasteiger partial charge in [-0.2, -0.15) is 8.78 Å². The summed E-state index contributed by atoms with van der Waals surface area (Å²) in [5, 5.41) is 0. The normalized spacial score (nSPS) is 11.9. The second kappa shape index (κ2) is 10.2. The molecule has 1 aromatic carbocycles. The highest BCUT2D eigenvalue weighted by molar-refractivity contribution is 5.35. The van der Waals surface area contributed by atoms with Crippen LogP contribution in [0.4, 0.5) is 13.2 Å². The van der Waals surface area contributed by atoms with E-state index in [-0.39, 0.29) is 24.7 Å². The van der Waals surface area contributed by atoms with Gasteiger partial charge in [0.1, 0.15) is 12.8 Å². The topological polar surface area (TPSA) is 18.5 Å². The summed E-state index contributed by atoms with van der Waals surface area (Å²) in [6, 6.07) is 2.57. The summed E-state index contributed by atoms with van der Waals surface area (Å²) >= 11 is 0. The first-order valence-corrected chi connectivity index (χ1v) is 7.96. The highest BCUT2D eigenvalue weighted by atomic mass is 19.2. The molecule has 0 saturated heterocycles. The van der Waals surface area contributed by atoms with E-state index in [1.54, 1.807) is 0 Å². The van der Waals surface area contributed by atoms with Crippen LogP contribution in [0.15, 0.2) is 23.8 Å². The van der Waals surface area contributed by atoms with Gasteiger partial charge in [0.15, 0.2) is 11.5 Å². The maximum absolute atomic E-state index is 13.9. The molecule has 1 unspecified atom stereocenters. The van der Waals surface area contributed by atoms with E-state index in [2.05, 4.69) is 0 Å². The van der Waals surface area contributed by atoms with Gasteiger partial charge in [-0.3, -0.25) is 0 Å². The van der Waals surface area contributed by atoms with Gasteiger partial charge in [-0.15, -0.1) is 0 Å². The van der Waals surface area contributed by atoms with Crippen molar-refractivity contribution in [3.8, 4) is 11.5 Å². The third-order valence-corrected chi connectivity index (χ3v) is 3.23. The molecule has 0 aliphatic heterocycles. The second-order valence-electron chi connectivity index (χ2n) is 5.66. The lowest BCUT2D eigenvalue weighted by molar-refractivity contribution is 0.177. The first-order valence-electron chi connectivity index (χ1n) is 7.96. The summed E-state index contributed by atoms with van der Waals surface area (Å²) in [7, 11) is 0. The standard InChI is InChI=1S/C18H25F3O2/c1-4-5-8-14(19)12-23-16-10-9-15(17(20)18(16)21)22-11-6-7-13(2)3/h7,9-10,14H,4-6,8,11-12H2,1-3H3. The van der Waals surface area contributed by atoms with Gasteiger partial charge in [-0.05, 0) is 38.8 Å². The predicted molar refractivity (Wildman–Crippen MR) is 85.8 cm³/mol. The van der Waals surface area contributed by atoms with Crippen LogP contribution in [0, 0.1) is 11.6 Å². The molecule has 0 saturated carbocycles. The number of allylic oxidation sites excluding steroid dienone is 1. The summed E-state index contributed by atoms with van der Waals surface area (Å²) in [5.74, 6) is -2.71. The Labute approximate surface area is 136 Å². The summed E-state index contributed by atoms with van der Waals surface area (Å²) in [5.41, 5.74) is 1.13. The Balaban J connectivity index is 2.57. The zero-order valence-electron chi connectivity index (χ0n) is 14.0. The molecule has 0 amide bonds. The molecule has 0 aromatic heterocycles. The molecule has 0 heterocycles. The van der Waals surface area contributed by atoms with Crippen LogP contribution in [0.25, 0.3) is 0 Å². The molecule has 1 rings (SSSR count). The lowest BCUT2D eigenvalue weighted by Gasteiger charge is -2.13. The fraction of sp³-hybridized carbons (Fsp3) is 0.556. The van der Waals surface area contributed by atoms with Crippen molar-refractivity contribution < 1.29 is 22.6 Å². The quantitative estimate of drug-likeness (QED) is 0.410. The molecule has 23 heavy (non-hydrogen) atoms. The third kappa shape index (κ3) is 6.97. The Morgan fingerprint density at radius 2 is 1.74 bits per heavy atom. The molecule has 0 fully saturated rings. The van der Waals surface area contributed by atoms with E-state index in [9.17, 15) is 13.2 Å². The molecule has 5 heteroatoms. The second-order valence-corrected chi connectivity index (χ2v) is 5.66. The molecular formula is C18H25F3O2. The Hall–Kier alpha value is -1.65. The molecule has 0 bridgehead atoms. The molecule has 1 aromatic rings. The van der Waals surface area contributed by atoms with Gasteiger partial charge >= 0.3 is 0 Å². The largest absolute Gasteiger partial charge is 0.490 e. The zero-order chi connectivity index (χ0) is 17.2. The molecule has 0 aliphatic carbocycles. The van der Waals surface area contributed by atoms with E-state index in [1.165, 1.54) is 12.1 Å². The van der Waals surface area contributed by atoms with Gasteiger partial charge in [0.05, 0.1) is 6.61 Å². The maximum Gasteiger partial charge on any atom is 0.204 e. The van der Waals surface area contributed by atoms with Gasteiger partial charge in [0.25, 0.3) is 0 Å².